The molecule has 3 heterocycles. The molecule has 2 saturated heterocycles. The van der Waals surface area contributed by atoms with Gasteiger partial charge in [-0.05, 0) is 68.0 Å². The summed E-state index contributed by atoms with van der Waals surface area (Å²) in [4.78, 5) is 21.6. The first-order chi connectivity index (χ1) is 14.2. The number of piperidine rings is 1. The van der Waals surface area contributed by atoms with E-state index in [0.717, 1.165) is 56.3 Å². The molecular weight excluding hydrogens is 360 g/mol. The molecule has 2 aliphatic rings. The van der Waals surface area contributed by atoms with Crippen molar-refractivity contribution in [2.75, 3.05) is 36.4 Å². The van der Waals surface area contributed by atoms with Crippen LogP contribution in [0.3, 0.4) is 0 Å². The molecule has 29 heavy (non-hydrogen) atoms. The van der Waals surface area contributed by atoms with E-state index >= 15 is 0 Å². The fourth-order valence-electron chi connectivity index (χ4n) is 4.25. The van der Waals surface area contributed by atoms with Gasteiger partial charge in [0.25, 0.3) is 5.91 Å². The largest absolute Gasteiger partial charge is 0.372 e. The number of rotatable bonds is 4. The smallest absolute Gasteiger partial charge is 0.272 e. The van der Waals surface area contributed by atoms with Crippen molar-refractivity contribution in [3.05, 3.63) is 48.3 Å². The van der Waals surface area contributed by atoms with Crippen LogP contribution in [-0.2, 0) is 0 Å². The highest BCUT2D eigenvalue weighted by Gasteiger charge is 2.19. The number of amides is 1. The molecule has 5 nitrogen and oxygen atoms in total. The van der Waals surface area contributed by atoms with Crippen LogP contribution in [0.5, 0.6) is 0 Å². The number of pyridine rings is 1. The summed E-state index contributed by atoms with van der Waals surface area (Å²) in [6.45, 7) is 6.30. The van der Waals surface area contributed by atoms with Crippen molar-refractivity contribution in [3.8, 4) is 0 Å². The van der Waals surface area contributed by atoms with Crippen molar-refractivity contribution in [2.45, 2.75) is 45.4 Å². The molecule has 2 aliphatic heterocycles. The minimum atomic E-state index is 0.0465. The molecule has 1 N–H and O–H groups in total. The van der Waals surface area contributed by atoms with E-state index in [9.17, 15) is 4.79 Å². The van der Waals surface area contributed by atoms with E-state index < -0.39 is 0 Å². The molecular formula is C24H32N4O. The Labute approximate surface area is 174 Å². The highest BCUT2D eigenvalue weighted by molar-refractivity contribution is 5.93. The number of nitrogens with zero attached hydrogens (tertiary/aromatic N) is 3. The first kappa shape index (κ1) is 19.7. The van der Waals surface area contributed by atoms with Gasteiger partial charge in [0, 0.05) is 49.4 Å². The van der Waals surface area contributed by atoms with Crippen LogP contribution >= 0.6 is 0 Å². The molecule has 0 atom stereocenters. The van der Waals surface area contributed by atoms with Gasteiger partial charge >= 0.3 is 0 Å². The lowest BCUT2D eigenvalue weighted by Crippen LogP contribution is -2.32. The molecule has 2 fully saturated rings. The van der Waals surface area contributed by atoms with Crippen LogP contribution in [0.2, 0.25) is 0 Å². The summed E-state index contributed by atoms with van der Waals surface area (Å²) in [5.74, 6) is 0.885. The highest BCUT2D eigenvalue weighted by Crippen LogP contribution is 2.25. The lowest BCUT2D eigenvalue weighted by molar-refractivity contribution is 0.0756. The third-order valence-electron chi connectivity index (χ3n) is 6.18. The van der Waals surface area contributed by atoms with Crippen LogP contribution in [0.25, 0.3) is 0 Å². The van der Waals surface area contributed by atoms with Crippen LogP contribution in [0.15, 0.2) is 42.6 Å². The van der Waals surface area contributed by atoms with E-state index in [1.807, 2.05) is 17.0 Å². The zero-order valence-corrected chi connectivity index (χ0v) is 17.4. The normalized spacial score (nSPS) is 18.4. The molecule has 5 heteroatoms. The molecule has 1 amide bonds. The van der Waals surface area contributed by atoms with Crippen molar-refractivity contribution < 1.29 is 4.79 Å². The fourth-order valence-corrected chi connectivity index (χ4v) is 4.25. The van der Waals surface area contributed by atoms with Crippen LogP contribution in [0.1, 0.15) is 55.9 Å². The molecule has 0 spiro atoms. The molecule has 0 aliphatic carbocycles. The Balaban J connectivity index is 1.40. The lowest BCUT2D eigenvalue weighted by atomic mass is 9.99. The summed E-state index contributed by atoms with van der Waals surface area (Å²) < 4.78 is 0. The molecule has 1 aromatic heterocycles. The van der Waals surface area contributed by atoms with E-state index in [2.05, 4.69) is 46.4 Å². The van der Waals surface area contributed by atoms with Gasteiger partial charge in [-0.1, -0.05) is 19.8 Å². The zero-order chi connectivity index (χ0) is 20.1. The zero-order valence-electron chi connectivity index (χ0n) is 17.4. The van der Waals surface area contributed by atoms with Gasteiger partial charge in [0.2, 0.25) is 0 Å². The van der Waals surface area contributed by atoms with Crippen LogP contribution < -0.4 is 10.2 Å². The molecule has 1 aromatic carbocycles. The number of nitrogens with one attached hydrogen (secondary N) is 1. The number of likely N-dealkylation sites (tertiary alicyclic amines) is 1. The average molecular weight is 393 g/mol. The van der Waals surface area contributed by atoms with Crippen LogP contribution in [-0.4, -0.2) is 42.0 Å². The second kappa shape index (κ2) is 9.29. The van der Waals surface area contributed by atoms with E-state index in [4.69, 9.17) is 0 Å². The fraction of sp³-hybridized carbons (Fsp3) is 0.500. The van der Waals surface area contributed by atoms with Crippen molar-refractivity contribution in [1.82, 2.24) is 9.88 Å². The Kier molecular flexibility index (Phi) is 6.33. The summed E-state index contributed by atoms with van der Waals surface area (Å²) in [6.07, 6.45) is 8.86. The van der Waals surface area contributed by atoms with Gasteiger partial charge in [-0.15, -0.1) is 0 Å². The molecule has 0 unspecified atom stereocenters. The Morgan fingerprint density at radius 2 is 1.62 bits per heavy atom. The van der Waals surface area contributed by atoms with E-state index in [-0.39, 0.29) is 5.91 Å². The monoisotopic (exact) mass is 392 g/mol. The van der Waals surface area contributed by atoms with Crippen LogP contribution in [0.4, 0.5) is 17.1 Å². The molecule has 0 radical (unpaired) electrons. The molecule has 154 valence electrons. The van der Waals surface area contributed by atoms with Crippen LogP contribution in [0, 0.1) is 5.92 Å². The standard InChI is InChI=1S/C24H32N4O/c1-19-11-16-27(17-12-19)22-8-6-20(7-9-22)26-21-10-13-25-23(18-21)24(29)28-14-4-2-3-5-15-28/h6-10,13,18-19H,2-5,11-12,14-17H2,1H3,(H,25,26). The Hall–Kier alpha value is -2.56. The summed E-state index contributed by atoms with van der Waals surface area (Å²) in [6, 6.07) is 12.4. The highest BCUT2D eigenvalue weighted by atomic mass is 16.2. The predicted octanol–water partition coefficient (Wildman–Crippen LogP) is 5.08. The average Bonchev–Trinajstić information content (AvgIpc) is 3.04. The maximum absolute atomic E-state index is 12.8. The van der Waals surface area contributed by atoms with Gasteiger partial charge in [-0.25, -0.2) is 0 Å². The number of hydrogen-bond acceptors (Lipinski definition) is 4. The van der Waals surface area contributed by atoms with Gasteiger partial charge in [-0.2, -0.15) is 0 Å². The third kappa shape index (κ3) is 5.08. The third-order valence-corrected chi connectivity index (χ3v) is 6.18. The van der Waals surface area contributed by atoms with Crippen molar-refractivity contribution in [3.63, 3.8) is 0 Å². The van der Waals surface area contributed by atoms with Crippen molar-refractivity contribution in [2.24, 2.45) is 5.92 Å². The number of carbonyl (C=O) groups is 1. The first-order valence-electron chi connectivity index (χ1n) is 11.1. The lowest BCUT2D eigenvalue weighted by Gasteiger charge is -2.32. The molecule has 4 rings (SSSR count). The second-order valence-electron chi connectivity index (χ2n) is 8.48. The minimum Gasteiger partial charge on any atom is -0.372 e. The van der Waals surface area contributed by atoms with Gasteiger partial charge in [0.15, 0.2) is 0 Å². The Morgan fingerprint density at radius 3 is 2.31 bits per heavy atom. The van der Waals surface area contributed by atoms with E-state index in [1.165, 1.54) is 31.4 Å². The maximum atomic E-state index is 12.8. The van der Waals surface area contributed by atoms with Gasteiger partial charge < -0.3 is 15.1 Å². The van der Waals surface area contributed by atoms with Gasteiger partial charge in [0.05, 0.1) is 0 Å². The Morgan fingerprint density at radius 1 is 0.931 bits per heavy atom. The molecule has 0 saturated carbocycles. The molecule has 0 bridgehead atoms. The first-order valence-corrected chi connectivity index (χ1v) is 11.1. The predicted molar refractivity (Wildman–Crippen MR) is 119 cm³/mol. The maximum Gasteiger partial charge on any atom is 0.272 e. The SMILES string of the molecule is CC1CCN(c2ccc(Nc3ccnc(C(=O)N4CCCCCC4)c3)cc2)CC1. The summed E-state index contributed by atoms with van der Waals surface area (Å²) in [5, 5.41) is 3.42. The summed E-state index contributed by atoms with van der Waals surface area (Å²) >= 11 is 0. The topological polar surface area (TPSA) is 48.5 Å². The second-order valence-corrected chi connectivity index (χ2v) is 8.48. The minimum absolute atomic E-state index is 0.0465. The van der Waals surface area contributed by atoms with E-state index in [0.29, 0.717) is 5.69 Å². The summed E-state index contributed by atoms with van der Waals surface area (Å²) in [5.41, 5.74) is 3.74. The van der Waals surface area contributed by atoms with Crippen molar-refractivity contribution in [1.29, 1.82) is 0 Å². The number of benzene rings is 1. The Bertz CT molecular complexity index is 804. The summed E-state index contributed by atoms with van der Waals surface area (Å²) in [7, 11) is 0. The number of carbonyl (C=O) groups excluding carboxylic acids is 1. The number of anilines is 3. The molecule has 2 aromatic rings. The van der Waals surface area contributed by atoms with Crippen molar-refractivity contribution >= 4 is 23.0 Å². The number of hydrogen-bond donors (Lipinski definition) is 1. The van der Waals surface area contributed by atoms with E-state index in [1.54, 1.807) is 6.20 Å². The quantitative estimate of drug-likeness (QED) is 0.788. The van der Waals surface area contributed by atoms with Gasteiger partial charge in [-0.3, -0.25) is 9.78 Å². The number of aromatic nitrogens is 1. The van der Waals surface area contributed by atoms with Gasteiger partial charge in [0.1, 0.15) is 5.69 Å².